The van der Waals surface area contributed by atoms with Gasteiger partial charge in [0, 0.05) is 22.8 Å². The van der Waals surface area contributed by atoms with Gasteiger partial charge in [0.15, 0.2) is 5.82 Å². The molecular formula is C16H14N4. The lowest BCUT2D eigenvalue weighted by Crippen LogP contribution is -2.03. The van der Waals surface area contributed by atoms with Crippen molar-refractivity contribution in [3.63, 3.8) is 0 Å². The molecule has 0 fully saturated rings. The van der Waals surface area contributed by atoms with Crippen molar-refractivity contribution in [2.75, 3.05) is 5.73 Å². The van der Waals surface area contributed by atoms with Gasteiger partial charge in [0.25, 0.3) is 0 Å². The summed E-state index contributed by atoms with van der Waals surface area (Å²) in [5.41, 5.74) is 9.09. The third kappa shape index (κ3) is 1.65. The van der Waals surface area contributed by atoms with E-state index in [0.29, 0.717) is 11.6 Å². The van der Waals surface area contributed by atoms with Gasteiger partial charge in [-0.15, -0.1) is 0 Å². The van der Waals surface area contributed by atoms with E-state index < -0.39 is 0 Å². The molecular weight excluding hydrogens is 248 g/mol. The lowest BCUT2D eigenvalue weighted by atomic mass is 10.1. The highest BCUT2D eigenvalue weighted by Gasteiger charge is 2.19. The van der Waals surface area contributed by atoms with E-state index in [9.17, 15) is 0 Å². The normalized spacial score (nSPS) is 13.6. The zero-order valence-electron chi connectivity index (χ0n) is 11.0. The highest BCUT2D eigenvalue weighted by molar-refractivity contribution is 5.93. The first-order valence-corrected chi connectivity index (χ1v) is 6.82. The van der Waals surface area contributed by atoms with Gasteiger partial charge in [-0.25, -0.2) is 9.97 Å². The quantitative estimate of drug-likeness (QED) is 0.732. The molecule has 0 unspecified atom stereocenters. The predicted octanol–water partition coefficient (Wildman–Crippen LogP) is 2.76. The van der Waals surface area contributed by atoms with E-state index in [4.69, 9.17) is 5.73 Å². The zero-order chi connectivity index (χ0) is 13.5. The average Bonchev–Trinajstić information content (AvgIpc) is 2.95. The van der Waals surface area contributed by atoms with Crippen LogP contribution in [0.15, 0.2) is 36.5 Å². The summed E-state index contributed by atoms with van der Waals surface area (Å²) >= 11 is 0. The number of anilines is 1. The molecule has 2 N–H and O–H groups in total. The van der Waals surface area contributed by atoms with Crippen molar-refractivity contribution in [2.24, 2.45) is 0 Å². The maximum absolute atomic E-state index is 6.08. The second-order valence-corrected chi connectivity index (χ2v) is 5.09. The summed E-state index contributed by atoms with van der Waals surface area (Å²) in [6, 6.07) is 10.1. The number of hydrogen-bond donors (Lipinski definition) is 1. The first kappa shape index (κ1) is 11.3. The van der Waals surface area contributed by atoms with E-state index in [1.165, 1.54) is 0 Å². The van der Waals surface area contributed by atoms with Gasteiger partial charge in [0.2, 0.25) is 0 Å². The number of fused-ring (bicyclic) bond motifs is 2. The highest BCUT2D eigenvalue weighted by atomic mass is 15.0. The molecule has 0 bridgehead atoms. The number of nitrogens with zero attached hydrogens (tertiary/aromatic N) is 3. The monoisotopic (exact) mass is 262 g/mol. The van der Waals surface area contributed by atoms with Gasteiger partial charge >= 0.3 is 0 Å². The van der Waals surface area contributed by atoms with Crippen molar-refractivity contribution in [1.29, 1.82) is 0 Å². The van der Waals surface area contributed by atoms with E-state index in [1.807, 2.05) is 24.3 Å². The molecule has 0 saturated carbocycles. The second kappa shape index (κ2) is 4.27. The van der Waals surface area contributed by atoms with Crippen LogP contribution in [-0.4, -0.2) is 15.0 Å². The van der Waals surface area contributed by atoms with Crippen LogP contribution in [0.1, 0.15) is 17.7 Å². The number of nitrogen functional groups attached to an aromatic ring is 1. The van der Waals surface area contributed by atoms with Gasteiger partial charge in [-0.05, 0) is 30.7 Å². The van der Waals surface area contributed by atoms with E-state index in [0.717, 1.165) is 47.0 Å². The fourth-order valence-corrected chi connectivity index (χ4v) is 2.87. The Morgan fingerprint density at radius 1 is 1.00 bits per heavy atom. The Balaban J connectivity index is 1.98. The predicted molar refractivity (Wildman–Crippen MR) is 79.2 cm³/mol. The summed E-state index contributed by atoms with van der Waals surface area (Å²) in [5.74, 6) is 1.25. The third-order valence-electron chi connectivity index (χ3n) is 3.85. The summed E-state index contributed by atoms with van der Waals surface area (Å²) in [4.78, 5) is 13.6. The maximum Gasteiger partial charge on any atom is 0.181 e. The Morgan fingerprint density at radius 3 is 2.85 bits per heavy atom. The third-order valence-corrected chi connectivity index (χ3v) is 3.85. The fourth-order valence-electron chi connectivity index (χ4n) is 2.87. The molecule has 0 atom stereocenters. The first-order chi connectivity index (χ1) is 9.83. The molecule has 4 heteroatoms. The van der Waals surface area contributed by atoms with Crippen molar-refractivity contribution < 1.29 is 0 Å². The Bertz CT molecular complexity index is 805. The SMILES string of the molecule is Nc1nc(-c2nccc3ccccc23)nc2c1CCC2. The van der Waals surface area contributed by atoms with Gasteiger partial charge < -0.3 is 5.73 Å². The Hall–Kier alpha value is -2.49. The van der Waals surface area contributed by atoms with E-state index >= 15 is 0 Å². The molecule has 3 aromatic rings. The summed E-state index contributed by atoms with van der Waals surface area (Å²) < 4.78 is 0. The van der Waals surface area contributed by atoms with E-state index in [2.05, 4.69) is 21.0 Å². The molecule has 2 aromatic heterocycles. The summed E-state index contributed by atoms with van der Waals surface area (Å²) in [6.45, 7) is 0. The van der Waals surface area contributed by atoms with Crippen LogP contribution in [0.2, 0.25) is 0 Å². The number of pyridine rings is 1. The lowest BCUT2D eigenvalue weighted by Gasteiger charge is -2.08. The molecule has 1 aliphatic carbocycles. The van der Waals surface area contributed by atoms with Crippen LogP contribution in [0.25, 0.3) is 22.3 Å². The van der Waals surface area contributed by atoms with Gasteiger partial charge in [0.05, 0.1) is 0 Å². The Kier molecular flexibility index (Phi) is 2.42. The van der Waals surface area contributed by atoms with Crippen molar-refractivity contribution in [2.45, 2.75) is 19.3 Å². The van der Waals surface area contributed by atoms with Gasteiger partial charge in [-0.2, -0.15) is 0 Å². The van der Waals surface area contributed by atoms with Gasteiger partial charge in [0.1, 0.15) is 11.5 Å². The number of nitrogens with two attached hydrogens (primary N) is 1. The van der Waals surface area contributed by atoms with Crippen LogP contribution < -0.4 is 5.73 Å². The molecule has 4 rings (SSSR count). The topological polar surface area (TPSA) is 64.7 Å². The number of rotatable bonds is 1. The average molecular weight is 262 g/mol. The van der Waals surface area contributed by atoms with Crippen molar-refractivity contribution in [3.8, 4) is 11.5 Å². The molecule has 0 aliphatic heterocycles. The fraction of sp³-hybridized carbons (Fsp3) is 0.188. The molecule has 0 saturated heterocycles. The Labute approximate surface area is 116 Å². The maximum atomic E-state index is 6.08. The van der Waals surface area contributed by atoms with Crippen molar-refractivity contribution in [1.82, 2.24) is 15.0 Å². The number of benzene rings is 1. The molecule has 2 heterocycles. The molecule has 0 radical (unpaired) electrons. The molecule has 0 amide bonds. The molecule has 1 aliphatic rings. The molecule has 98 valence electrons. The molecule has 20 heavy (non-hydrogen) atoms. The molecule has 4 nitrogen and oxygen atoms in total. The second-order valence-electron chi connectivity index (χ2n) is 5.09. The highest BCUT2D eigenvalue weighted by Crippen LogP contribution is 2.29. The smallest absolute Gasteiger partial charge is 0.181 e. The van der Waals surface area contributed by atoms with Crippen LogP contribution in [0.5, 0.6) is 0 Å². The summed E-state index contributed by atoms with van der Waals surface area (Å²) in [6.07, 6.45) is 4.88. The van der Waals surface area contributed by atoms with Gasteiger partial charge in [-0.3, -0.25) is 4.98 Å². The van der Waals surface area contributed by atoms with E-state index in [1.54, 1.807) is 6.20 Å². The Morgan fingerprint density at radius 2 is 1.90 bits per heavy atom. The summed E-state index contributed by atoms with van der Waals surface area (Å²) in [5, 5.41) is 2.20. The standard InChI is InChI=1S/C16H14N4/c17-15-12-6-3-7-13(12)19-16(20-15)14-11-5-2-1-4-10(11)8-9-18-14/h1-2,4-5,8-9H,3,6-7H2,(H2,17,19,20). The minimum atomic E-state index is 0.609. The van der Waals surface area contributed by atoms with Crippen LogP contribution in [0, 0.1) is 0 Å². The van der Waals surface area contributed by atoms with Gasteiger partial charge in [-0.1, -0.05) is 24.3 Å². The minimum absolute atomic E-state index is 0.609. The minimum Gasteiger partial charge on any atom is -0.383 e. The van der Waals surface area contributed by atoms with Crippen LogP contribution in [-0.2, 0) is 12.8 Å². The summed E-state index contributed by atoms with van der Waals surface area (Å²) in [7, 11) is 0. The van der Waals surface area contributed by atoms with Crippen LogP contribution >= 0.6 is 0 Å². The largest absolute Gasteiger partial charge is 0.383 e. The molecule has 1 aromatic carbocycles. The number of hydrogen-bond acceptors (Lipinski definition) is 4. The first-order valence-electron chi connectivity index (χ1n) is 6.82. The lowest BCUT2D eigenvalue weighted by molar-refractivity contribution is 0.900. The van der Waals surface area contributed by atoms with Crippen molar-refractivity contribution in [3.05, 3.63) is 47.8 Å². The molecule has 0 spiro atoms. The van der Waals surface area contributed by atoms with E-state index in [-0.39, 0.29) is 0 Å². The zero-order valence-corrected chi connectivity index (χ0v) is 11.0. The van der Waals surface area contributed by atoms with Crippen LogP contribution in [0.4, 0.5) is 5.82 Å². The van der Waals surface area contributed by atoms with Crippen LogP contribution in [0.3, 0.4) is 0 Å². The van der Waals surface area contributed by atoms with Crippen molar-refractivity contribution >= 4 is 16.6 Å². The number of aromatic nitrogens is 3. The number of aryl methyl sites for hydroxylation is 1.